The minimum atomic E-state index is 0.782. The van der Waals surface area contributed by atoms with E-state index in [9.17, 15) is 0 Å². The molecule has 0 amide bonds. The number of rotatable bonds is 1. The van der Waals surface area contributed by atoms with Gasteiger partial charge in [-0.05, 0) is 13.0 Å². The van der Waals surface area contributed by atoms with Crippen molar-refractivity contribution in [2.45, 2.75) is 19.2 Å². The number of hydrogen-bond donors (Lipinski definition) is 0. The van der Waals surface area contributed by atoms with E-state index in [1.54, 1.807) is 0 Å². The zero-order valence-corrected chi connectivity index (χ0v) is 7.24. The van der Waals surface area contributed by atoms with Crippen LogP contribution >= 0.6 is 11.8 Å². The third-order valence-electron chi connectivity index (χ3n) is 1.74. The van der Waals surface area contributed by atoms with Crippen LogP contribution in [-0.2, 0) is 0 Å². The lowest BCUT2D eigenvalue weighted by molar-refractivity contribution is 0.299. The second-order valence-corrected chi connectivity index (χ2v) is 4.21. The molecule has 1 heterocycles. The van der Waals surface area contributed by atoms with Gasteiger partial charge in [-0.3, -0.25) is 4.90 Å². The minimum Gasteiger partial charge on any atom is -0.294 e. The Balaban J connectivity index is 2.40. The molecule has 0 spiro atoms. The van der Waals surface area contributed by atoms with Crippen molar-refractivity contribution in [3.8, 4) is 0 Å². The second kappa shape index (κ2) is 2.93. The molecule has 0 N–H and O–H groups in total. The zero-order valence-electron chi connectivity index (χ0n) is 6.42. The molecular weight excluding hydrogens is 130 g/mol. The summed E-state index contributed by atoms with van der Waals surface area (Å²) < 4.78 is 0. The van der Waals surface area contributed by atoms with Crippen LogP contribution in [0.5, 0.6) is 0 Å². The Morgan fingerprint density at radius 1 is 1.56 bits per heavy atom. The standard InChI is InChI=1S/C7H15NS/c1-6(2)7-8(3)4-5-9-7/h6-7H,4-5H2,1-3H3/t7-/m0/s1. The Morgan fingerprint density at radius 3 is 2.44 bits per heavy atom. The highest BCUT2D eigenvalue weighted by Gasteiger charge is 2.23. The third kappa shape index (κ3) is 1.62. The molecule has 2 heteroatoms. The third-order valence-corrected chi connectivity index (χ3v) is 3.40. The van der Waals surface area contributed by atoms with Gasteiger partial charge in [0.05, 0.1) is 5.37 Å². The molecule has 0 aliphatic carbocycles. The van der Waals surface area contributed by atoms with Gasteiger partial charge in [-0.25, -0.2) is 0 Å². The molecule has 1 aliphatic rings. The Morgan fingerprint density at radius 2 is 2.22 bits per heavy atom. The van der Waals surface area contributed by atoms with E-state index in [-0.39, 0.29) is 0 Å². The number of nitrogens with zero attached hydrogens (tertiary/aromatic N) is 1. The summed E-state index contributed by atoms with van der Waals surface area (Å²) in [6, 6.07) is 0. The molecule has 0 aromatic rings. The largest absolute Gasteiger partial charge is 0.294 e. The monoisotopic (exact) mass is 145 g/mol. The van der Waals surface area contributed by atoms with Gasteiger partial charge in [0.15, 0.2) is 0 Å². The van der Waals surface area contributed by atoms with Gasteiger partial charge in [0, 0.05) is 12.3 Å². The first-order chi connectivity index (χ1) is 4.22. The summed E-state index contributed by atoms with van der Waals surface area (Å²) in [5, 5.41) is 0.782. The molecule has 0 saturated carbocycles. The van der Waals surface area contributed by atoms with E-state index in [0.29, 0.717) is 0 Å². The van der Waals surface area contributed by atoms with Crippen molar-refractivity contribution in [2.75, 3.05) is 19.3 Å². The van der Waals surface area contributed by atoms with Crippen molar-refractivity contribution in [3.63, 3.8) is 0 Å². The van der Waals surface area contributed by atoms with Crippen molar-refractivity contribution < 1.29 is 0 Å². The van der Waals surface area contributed by atoms with E-state index in [4.69, 9.17) is 0 Å². The van der Waals surface area contributed by atoms with Crippen molar-refractivity contribution >= 4 is 11.8 Å². The Bertz CT molecular complexity index is 92.9. The Hall–Kier alpha value is 0.310. The molecule has 1 saturated heterocycles. The summed E-state index contributed by atoms with van der Waals surface area (Å²) in [7, 11) is 2.21. The van der Waals surface area contributed by atoms with Crippen molar-refractivity contribution in [1.29, 1.82) is 0 Å². The molecular formula is C7H15NS. The smallest absolute Gasteiger partial charge is 0.0578 e. The topological polar surface area (TPSA) is 3.24 Å². The molecule has 1 nitrogen and oxygen atoms in total. The van der Waals surface area contributed by atoms with E-state index in [1.807, 2.05) is 0 Å². The predicted molar refractivity (Wildman–Crippen MR) is 43.7 cm³/mol. The van der Waals surface area contributed by atoms with Gasteiger partial charge in [-0.1, -0.05) is 13.8 Å². The Labute approximate surface area is 61.8 Å². The average molecular weight is 145 g/mol. The normalized spacial score (nSPS) is 30.0. The van der Waals surface area contributed by atoms with Gasteiger partial charge < -0.3 is 0 Å². The quantitative estimate of drug-likeness (QED) is 0.552. The van der Waals surface area contributed by atoms with E-state index in [1.165, 1.54) is 12.3 Å². The van der Waals surface area contributed by atoms with Gasteiger partial charge in [0.2, 0.25) is 0 Å². The minimum absolute atomic E-state index is 0.782. The van der Waals surface area contributed by atoms with Crippen LogP contribution in [0.2, 0.25) is 0 Å². The highest BCUT2D eigenvalue weighted by Crippen LogP contribution is 2.27. The van der Waals surface area contributed by atoms with Gasteiger partial charge in [-0.15, -0.1) is 11.8 Å². The first kappa shape index (κ1) is 7.42. The van der Waals surface area contributed by atoms with Crippen LogP contribution in [0.4, 0.5) is 0 Å². The molecule has 0 radical (unpaired) electrons. The molecule has 0 aromatic heterocycles. The fraction of sp³-hybridized carbons (Fsp3) is 1.00. The second-order valence-electron chi connectivity index (χ2n) is 2.99. The SMILES string of the molecule is CC(C)[C@@H]1SCCN1C. The fourth-order valence-electron chi connectivity index (χ4n) is 1.27. The summed E-state index contributed by atoms with van der Waals surface area (Å²) >= 11 is 2.08. The maximum Gasteiger partial charge on any atom is 0.0578 e. The van der Waals surface area contributed by atoms with Crippen LogP contribution in [0.3, 0.4) is 0 Å². The number of thioether (sulfide) groups is 1. The van der Waals surface area contributed by atoms with Crippen molar-refractivity contribution in [2.24, 2.45) is 5.92 Å². The van der Waals surface area contributed by atoms with Crippen LogP contribution in [0.15, 0.2) is 0 Å². The van der Waals surface area contributed by atoms with E-state index in [0.717, 1.165) is 11.3 Å². The van der Waals surface area contributed by atoms with E-state index < -0.39 is 0 Å². The fourth-order valence-corrected chi connectivity index (χ4v) is 2.65. The van der Waals surface area contributed by atoms with Gasteiger partial charge in [0.25, 0.3) is 0 Å². The van der Waals surface area contributed by atoms with Crippen LogP contribution in [0.1, 0.15) is 13.8 Å². The van der Waals surface area contributed by atoms with E-state index in [2.05, 4.69) is 37.6 Å². The molecule has 54 valence electrons. The lowest BCUT2D eigenvalue weighted by Crippen LogP contribution is -2.27. The van der Waals surface area contributed by atoms with Gasteiger partial charge >= 0.3 is 0 Å². The average Bonchev–Trinajstić information content (AvgIpc) is 2.13. The van der Waals surface area contributed by atoms with Crippen LogP contribution in [0.25, 0.3) is 0 Å². The summed E-state index contributed by atoms with van der Waals surface area (Å²) in [6.07, 6.45) is 0. The molecule has 1 fully saturated rings. The van der Waals surface area contributed by atoms with Gasteiger partial charge in [0.1, 0.15) is 0 Å². The van der Waals surface area contributed by atoms with Crippen LogP contribution < -0.4 is 0 Å². The van der Waals surface area contributed by atoms with Crippen molar-refractivity contribution in [3.05, 3.63) is 0 Å². The maximum atomic E-state index is 2.44. The molecule has 0 unspecified atom stereocenters. The van der Waals surface area contributed by atoms with Crippen LogP contribution in [-0.4, -0.2) is 29.6 Å². The van der Waals surface area contributed by atoms with Gasteiger partial charge in [-0.2, -0.15) is 0 Å². The molecule has 9 heavy (non-hydrogen) atoms. The molecule has 1 atom stereocenters. The lowest BCUT2D eigenvalue weighted by Gasteiger charge is -2.21. The molecule has 1 aliphatic heterocycles. The first-order valence-electron chi connectivity index (χ1n) is 3.53. The predicted octanol–water partition coefficient (Wildman–Crippen LogP) is 1.65. The highest BCUT2D eigenvalue weighted by atomic mass is 32.2. The van der Waals surface area contributed by atoms with E-state index >= 15 is 0 Å². The highest BCUT2D eigenvalue weighted by molar-refractivity contribution is 8.00. The lowest BCUT2D eigenvalue weighted by atomic mass is 10.2. The first-order valence-corrected chi connectivity index (χ1v) is 4.58. The molecule has 1 rings (SSSR count). The van der Waals surface area contributed by atoms with Crippen molar-refractivity contribution in [1.82, 2.24) is 4.90 Å². The van der Waals surface area contributed by atoms with Crippen LogP contribution in [0, 0.1) is 5.92 Å². The zero-order chi connectivity index (χ0) is 6.85. The molecule has 0 aromatic carbocycles. The Kier molecular flexibility index (Phi) is 2.42. The summed E-state index contributed by atoms with van der Waals surface area (Å²) in [6.45, 7) is 5.85. The molecule has 0 bridgehead atoms. The summed E-state index contributed by atoms with van der Waals surface area (Å²) in [4.78, 5) is 2.44. The summed E-state index contributed by atoms with van der Waals surface area (Å²) in [5.41, 5.74) is 0. The summed E-state index contributed by atoms with van der Waals surface area (Å²) in [5.74, 6) is 2.13. The number of hydrogen-bond acceptors (Lipinski definition) is 2. The maximum absolute atomic E-state index is 2.44.